The van der Waals surface area contributed by atoms with Crippen LogP contribution in [-0.4, -0.2) is 32.5 Å². The van der Waals surface area contributed by atoms with Crippen LogP contribution < -0.4 is 8.37 Å². The van der Waals surface area contributed by atoms with Crippen LogP contribution in [0.25, 0.3) is 11.1 Å². The number of ketones is 1. The molecule has 0 heterocycles. The molecule has 0 aliphatic heterocycles. The Morgan fingerprint density at radius 3 is 1.31 bits per heavy atom. The first-order chi connectivity index (χ1) is 19.7. The van der Waals surface area contributed by atoms with Crippen LogP contribution >= 0.6 is 23.2 Å². The van der Waals surface area contributed by atoms with Crippen LogP contribution in [0.1, 0.15) is 15.9 Å². The number of carbonyl (C=O) groups is 1. The zero-order valence-electron chi connectivity index (χ0n) is 20.4. The smallest absolute Gasteiger partial charge is 0.339 e. The number of nitro groups is 2. The summed E-state index contributed by atoms with van der Waals surface area (Å²) >= 11 is 11.9. The maximum Gasteiger partial charge on any atom is 0.339 e. The van der Waals surface area contributed by atoms with Crippen LogP contribution in [0, 0.1) is 20.2 Å². The van der Waals surface area contributed by atoms with Gasteiger partial charge in [-0.3, -0.25) is 25.0 Å². The molecule has 0 bridgehead atoms. The molecule has 0 fully saturated rings. The second-order valence-corrected chi connectivity index (χ2v) is 12.4. The van der Waals surface area contributed by atoms with E-state index in [1.54, 1.807) is 0 Å². The van der Waals surface area contributed by atoms with Gasteiger partial charge in [-0.1, -0.05) is 47.5 Å². The number of hydrogen-bond acceptors (Lipinski definition) is 11. The Kier molecular flexibility index (Phi) is 7.14. The first-order valence-corrected chi connectivity index (χ1v) is 14.9. The highest BCUT2D eigenvalue weighted by atomic mass is 35.5. The van der Waals surface area contributed by atoms with Gasteiger partial charge in [0, 0.05) is 23.3 Å². The van der Waals surface area contributed by atoms with Crippen molar-refractivity contribution in [2.45, 2.75) is 9.79 Å². The predicted molar refractivity (Wildman–Crippen MR) is 147 cm³/mol. The van der Waals surface area contributed by atoms with Crippen molar-refractivity contribution in [1.29, 1.82) is 0 Å². The first-order valence-electron chi connectivity index (χ1n) is 11.3. The first kappa shape index (κ1) is 28.9. The molecule has 17 heteroatoms. The molecule has 0 atom stereocenters. The standard InChI is InChI=1S/C25H12Cl2N2O11S2/c26-17-5-1-3-7-21(17)39-41(35,36)13-9-15-23(19(11-13)28(31)32)24-16(25(15)30)10-14(12-20(24)29(33)34)42(37,38)40-22-8-4-2-6-18(22)27/h1-12H. The molecule has 0 spiro atoms. The normalized spacial score (nSPS) is 12.4. The molecule has 5 rings (SSSR count). The van der Waals surface area contributed by atoms with Crippen LogP contribution in [-0.2, 0) is 20.2 Å². The molecule has 0 aromatic heterocycles. The molecule has 0 N–H and O–H groups in total. The van der Waals surface area contributed by atoms with Gasteiger partial charge in [-0.05, 0) is 36.4 Å². The monoisotopic (exact) mass is 650 g/mol. The summed E-state index contributed by atoms with van der Waals surface area (Å²) in [5.74, 6) is -1.72. The van der Waals surface area contributed by atoms with Crippen molar-refractivity contribution in [3.8, 4) is 22.6 Å². The van der Waals surface area contributed by atoms with Gasteiger partial charge in [-0.25, -0.2) is 0 Å². The highest BCUT2D eigenvalue weighted by Gasteiger charge is 2.42. The van der Waals surface area contributed by atoms with Gasteiger partial charge in [-0.2, -0.15) is 16.8 Å². The number of benzene rings is 4. The lowest BCUT2D eigenvalue weighted by Gasteiger charge is -2.11. The van der Waals surface area contributed by atoms with E-state index in [4.69, 9.17) is 31.6 Å². The molecular formula is C25H12Cl2N2O11S2. The van der Waals surface area contributed by atoms with Gasteiger partial charge in [0.1, 0.15) is 9.79 Å². The fourth-order valence-electron chi connectivity index (χ4n) is 4.16. The lowest BCUT2D eigenvalue weighted by Crippen LogP contribution is -2.12. The summed E-state index contributed by atoms with van der Waals surface area (Å²) < 4.78 is 62.2. The van der Waals surface area contributed by atoms with Crippen LogP contribution in [0.5, 0.6) is 11.5 Å². The van der Waals surface area contributed by atoms with Gasteiger partial charge in [0.05, 0.1) is 31.0 Å². The summed E-state index contributed by atoms with van der Waals surface area (Å²) in [7, 11) is -9.65. The van der Waals surface area contributed by atoms with E-state index in [-0.39, 0.29) is 21.5 Å². The van der Waals surface area contributed by atoms with Crippen molar-refractivity contribution in [2.75, 3.05) is 0 Å². The predicted octanol–water partition coefficient (Wildman–Crippen LogP) is 5.56. The van der Waals surface area contributed by atoms with Crippen molar-refractivity contribution < 1.29 is 39.8 Å². The molecule has 1 aliphatic carbocycles. The second-order valence-electron chi connectivity index (χ2n) is 8.51. The second kappa shape index (κ2) is 10.4. The molecule has 0 amide bonds. The average Bonchev–Trinajstić information content (AvgIpc) is 3.21. The van der Waals surface area contributed by atoms with E-state index in [1.165, 1.54) is 48.5 Å². The fraction of sp³-hybridized carbons (Fsp3) is 0. The Morgan fingerprint density at radius 1 is 0.619 bits per heavy atom. The van der Waals surface area contributed by atoms with Crippen molar-refractivity contribution in [3.05, 3.63) is 114 Å². The molecule has 4 aromatic rings. The van der Waals surface area contributed by atoms with Crippen molar-refractivity contribution in [3.63, 3.8) is 0 Å². The zero-order valence-corrected chi connectivity index (χ0v) is 23.5. The van der Waals surface area contributed by atoms with E-state index in [1.807, 2.05) is 0 Å². The Bertz CT molecular complexity index is 1940. The number of fused-ring (bicyclic) bond motifs is 3. The number of carbonyl (C=O) groups excluding carboxylic acids is 1. The number of nitro benzene ring substituents is 2. The molecule has 0 radical (unpaired) electrons. The summed E-state index contributed by atoms with van der Waals surface area (Å²) in [6.45, 7) is 0. The SMILES string of the molecule is O=C1c2cc(S(=O)(=O)Oc3ccccc3Cl)cc([N+](=O)[O-])c2-c2c1cc(S(=O)(=O)Oc1ccccc1Cl)cc2[N+](=O)[O-]. The Hall–Kier alpha value is -4.57. The van der Waals surface area contributed by atoms with Crippen LogP contribution in [0.2, 0.25) is 10.0 Å². The fourth-order valence-corrected chi connectivity index (χ4v) is 6.60. The number of nitrogens with zero attached hydrogens (tertiary/aromatic N) is 2. The summed E-state index contributed by atoms with van der Waals surface area (Å²) in [5, 5.41) is 23.9. The third kappa shape index (κ3) is 5.02. The van der Waals surface area contributed by atoms with Crippen LogP contribution in [0.3, 0.4) is 0 Å². The summed E-state index contributed by atoms with van der Waals surface area (Å²) in [6.07, 6.45) is 0. The van der Waals surface area contributed by atoms with Gasteiger partial charge in [0.15, 0.2) is 17.3 Å². The molecule has 1 aliphatic rings. The summed E-state index contributed by atoms with van der Waals surface area (Å²) in [6, 6.07) is 13.6. The lowest BCUT2D eigenvalue weighted by atomic mass is 10.0. The molecular weight excluding hydrogens is 639 g/mol. The zero-order chi connectivity index (χ0) is 30.6. The van der Waals surface area contributed by atoms with E-state index in [0.29, 0.717) is 12.1 Å². The van der Waals surface area contributed by atoms with E-state index in [9.17, 15) is 41.9 Å². The van der Waals surface area contributed by atoms with E-state index in [2.05, 4.69) is 0 Å². The van der Waals surface area contributed by atoms with Gasteiger partial charge in [-0.15, -0.1) is 0 Å². The summed E-state index contributed by atoms with van der Waals surface area (Å²) in [4.78, 5) is 33.8. The van der Waals surface area contributed by atoms with Crippen LogP contribution in [0.15, 0.2) is 82.6 Å². The van der Waals surface area contributed by atoms with Crippen LogP contribution in [0.4, 0.5) is 11.4 Å². The molecule has 0 saturated carbocycles. The Labute approximate surface area is 246 Å². The molecule has 4 aromatic carbocycles. The number of para-hydroxylation sites is 2. The Morgan fingerprint density at radius 2 is 0.976 bits per heavy atom. The van der Waals surface area contributed by atoms with Gasteiger partial charge in [0.2, 0.25) is 0 Å². The number of halogens is 2. The van der Waals surface area contributed by atoms with E-state index < -0.39 is 79.3 Å². The maximum absolute atomic E-state index is 13.5. The third-order valence-electron chi connectivity index (χ3n) is 5.96. The van der Waals surface area contributed by atoms with Gasteiger partial charge in [0.25, 0.3) is 11.4 Å². The maximum atomic E-state index is 13.5. The quantitative estimate of drug-likeness (QED) is 0.116. The highest BCUT2D eigenvalue weighted by Crippen LogP contribution is 2.49. The molecule has 214 valence electrons. The topological polar surface area (TPSA) is 190 Å². The minimum atomic E-state index is -4.82. The average molecular weight is 651 g/mol. The number of hydrogen-bond donors (Lipinski definition) is 0. The third-order valence-corrected chi connectivity index (χ3v) is 9.01. The van der Waals surface area contributed by atoms with Crippen molar-refractivity contribution >= 4 is 60.6 Å². The molecule has 0 saturated heterocycles. The lowest BCUT2D eigenvalue weighted by molar-refractivity contribution is -0.386. The minimum absolute atomic E-state index is 0.0939. The van der Waals surface area contributed by atoms with Gasteiger partial charge < -0.3 is 8.37 Å². The van der Waals surface area contributed by atoms with E-state index in [0.717, 1.165) is 12.1 Å². The van der Waals surface area contributed by atoms with Gasteiger partial charge >= 0.3 is 20.2 Å². The summed E-state index contributed by atoms with van der Waals surface area (Å²) in [5.41, 5.74) is -4.31. The Balaban J connectivity index is 1.68. The molecule has 13 nitrogen and oxygen atoms in total. The van der Waals surface area contributed by atoms with Crippen molar-refractivity contribution in [1.82, 2.24) is 0 Å². The largest absolute Gasteiger partial charge is 0.377 e. The van der Waals surface area contributed by atoms with Crippen molar-refractivity contribution in [2.24, 2.45) is 0 Å². The number of rotatable bonds is 8. The van der Waals surface area contributed by atoms with E-state index >= 15 is 0 Å². The highest BCUT2D eigenvalue weighted by molar-refractivity contribution is 7.87. The molecule has 42 heavy (non-hydrogen) atoms. The minimum Gasteiger partial charge on any atom is -0.377 e. The molecule has 0 unspecified atom stereocenters.